The van der Waals surface area contributed by atoms with Crippen molar-refractivity contribution in [3.8, 4) is 0 Å². The number of nitrogens with one attached hydrogen (secondary N) is 1. The average Bonchev–Trinajstić information content (AvgIpc) is 2.14. The van der Waals surface area contributed by atoms with Gasteiger partial charge in [0.05, 0.1) is 19.6 Å². The number of likely N-dealkylation sites (tertiary alicyclic amines) is 1. The van der Waals surface area contributed by atoms with E-state index in [1.165, 1.54) is 45.3 Å². The topological polar surface area (TPSA) is 4.44 Å². The summed E-state index contributed by atoms with van der Waals surface area (Å²) in [6.45, 7) is 11.4. The van der Waals surface area contributed by atoms with Crippen molar-refractivity contribution in [1.82, 2.24) is 0 Å². The van der Waals surface area contributed by atoms with Crippen LogP contribution in [0.3, 0.4) is 0 Å². The Balaban J connectivity index is 2.29. The Morgan fingerprint density at radius 3 is 2.62 bits per heavy atom. The smallest absolute Gasteiger partial charge is 0.0799 e. The fourth-order valence-corrected chi connectivity index (χ4v) is 2.66. The highest BCUT2D eigenvalue weighted by Crippen LogP contribution is 2.15. The molecule has 1 rings (SSSR count). The van der Waals surface area contributed by atoms with E-state index in [1.807, 2.05) is 4.90 Å². The van der Waals surface area contributed by atoms with E-state index in [1.54, 1.807) is 0 Å². The van der Waals surface area contributed by atoms with Crippen molar-refractivity contribution in [2.75, 3.05) is 19.6 Å². The van der Waals surface area contributed by atoms with Crippen LogP contribution in [0.2, 0.25) is 0 Å². The van der Waals surface area contributed by atoms with Crippen LogP contribution in [-0.2, 0) is 0 Å². The van der Waals surface area contributed by atoms with Gasteiger partial charge in [-0.05, 0) is 19.3 Å². The van der Waals surface area contributed by atoms with E-state index >= 15 is 0 Å². The van der Waals surface area contributed by atoms with Crippen LogP contribution in [0.25, 0.3) is 0 Å². The molecule has 0 amide bonds. The number of unbranched alkanes of at least 4 members (excludes halogenated alkanes) is 1. The SMILES string of the molecule is CCCC[NH+]1CC(C)CC(CC)C1. The van der Waals surface area contributed by atoms with Gasteiger partial charge in [0.2, 0.25) is 0 Å². The first kappa shape index (κ1) is 11.0. The largest absolute Gasteiger partial charge is 0.334 e. The number of rotatable bonds is 4. The average molecular weight is 184 g/mol. The first-order chi connectivity index (χ1) is 6.26. The zero-order valence-electron chi connectivity index (χ0n) is 9.60. The Morgan fingerprint density at radius 1 is 1.23 bits per heavy atom. The zero-order chi connectivity index (χ0) is 9.68. The van der Waals surface area contributed by atoms with Crippen molar-refractivity contribution < 1.29 is 4.90 Å². The van der Waals surface area contributed by atoms with Gasteiger partial charge in [-0.2, -0.15) is 0 Å². The van der Waals surface area contributed by atoms with Gasteiger partial charge in [-0.1, -0.05) is 27.2 Å². The van der Waals surface area contributed by atoms with Gasteiger partial charge < -0.3 is 4.90 Å². The van der Waals surface area contributed by atoms with E-state index < -0.39 is 0 Å². The standard InChI is InChI=1S/C12H25N/c1-4-6-7-13-9-11(3)8-12(5-2)10-13/h11-12H,4-10H2,1-3H3/p+1. The van der Waals surface area contributed by atoms with E-state index in [9.17, 15) is 0 Å². The minimum absolute atomic E-state index is 0.963. The molecule has 0 saturated carbocycles. The molecule has 1 aliphatic rings. The molecule has 0 bridgehead atoms. The summed E-state index contributed by atoms with van der Waals surface area (Å²) in [5.74, 6) is 1.97. The summed E-state index contributed by atoms with van der Waals surface area (Å²) in [4.78, 5) is 1.87. The van der Waals surface area contributed by atoms with Crippen LogP contribution in [0.1, 0.15) is 46.5 Å². The molecule has 1 fully saturated rings. The van der Waals surface area contributed by atoms with Crippen molar-refractivity contribution in [1.29, 1.82) is 0 Å². The molecule has 3 atom stereocenters. The molecule has 1 nitrogen and oxygen atoms in total. The minimum atomic E-state index is 0.963. The summed E-state index contributed by atoms with van der Waals surface area (Å²) in [7, 11) is 0. The molecule has 3 unspecified atom stereocenters. The lowest BCUT2D eigenvalue weighted by Crippen LogP contribution is -3.14. The third kappa shape index (κ3) is 3.68. The third-order valence-corrected chi connectivity index (χ3v) is 3.41. The number of hydrogen-bond acceptors (Lipinski definition) is 0. The Bertz CT molecular complexity index is 133. The Kier molecular flexibility index (Phi) is 4.79. The molecule has 1 N–H and O–H groups in total. The molecule has 0 aromatic carbocycles. The minimum Gasteiger partial charge on any atom is -0.334 e. The van der Waals surface area contributed by atoms with Crippen molar-refractivity contribution in [3.63, 3.8) is 0 Å². The van der Waals surface area contributed by atoms with Gasteiger partial charge in [-0.15, -0.1) is 0 Å². The number of piperidine rings is 1. The highest BCUT2D eigenvalue weighted by atomic mass is 15.1. The van der Waals surface area contributed by atoms with E-state index in [4.69, 9.17) is 0 Å². The normalized spacial score (nSPS) is 34.8. The Labute approximate surface area is 83.5 Å². The molecule has 0 aromatic rings. The Hall–Kier alpha value is -0.0400. The molecule has 0 radical (unpaired) electrons. The molecule has 0 spiro atoms. The molecule has 0 aromatic heterocycles. The maximum atomic E-state index is 2.42. The number of hydrogen-bond donors (Lipinski definition) is 1. The van der Waals surface area contributed by atoms with Crippen molar-refractivity contribution in [3.05, 3.63) is 0 Å². The van der Waals surface area contributed by atoms with Gasteiger partial charge in [-0.25, -0.2) is 0 Å². The van der Waals surface area contributed by atoms with Gasteiger partial charge in [0.1, 0.15) is 0 Å². The predicted octanol–water partition coefficient (Wildman–Crippen LogP) is 1.74. The fourth-order valence-electron chi connectivity index (χ4n) is 2.66. The monoisotopic (exact) mass is 184 g/mol. The summed E-state index contributed by atoms with van der Waals surface area (Å²) in [6.07, 6.45) is 5.64. The van der Waals surface area contributed by atoms with E-state index in [2.05, 4.69) is 20.8 Å². The highest BCUT2D eigenvalue weighted by Gasteiger charge is 2.25. The lowest BCUT2D eigenvalue weighted by molar-refractivity contribution is -0.912. The van der Waals surface area contributed by atoms with Gasteiger partial charge in [0.15, 0.2) is 0 Å². The molecular weight excluding hydrogens is 158 g/mol. The zero-order valence-corrected chi connectivity index (χ0v) is 9.60. The van der Waals surface area contributed by atoms with Crippen LogP contribution in [-0.4, -0.2) is 19.6 Å². The summed E-state index contributed by atoms with van der Waals surface area (Å²) in [5, 5.41) is 0. The van der Waals surface area contributed by atoms with Gasteiger partial charge in [-0.3, -0.25) is 0 Å². The lowest BCUT2D eigenvalue weighted by atomic mass is 9.88. The number of quaternary nitrogens is 1. The van der Waals surface area contributed by atoms with Crippen LogP contribution in [0.4, 0.5) is 0 Å². The second-order valence-electron chi connectivity index (χ2n) is 4.88. The molecule has 1 heteroatoms. The fraction of sp³-hybridized carbons (Fsp3) is 1.00. The molecule has 78 valence electrons. The first-order valence-electron chi connectivity index (χ1n) is 6.09. The summed E-state index contributed by atoms with van der Waals surface area (Å²) < 4.78 is 0. The van der Waals surface area contributed by atoms with Gasteiger partial charge in [0, 0.05) is 11.8 Å². The quantitative estimate of drug-likeness (QED) is 0.679. The lowest BCUT2D eigenvalue weighted by Gasteiger charge is -2.33. The molecule has 0 aliphatic carbocycles. The third-order valence-electron chi connectivity index (χ3n) is 3.41. The molecule has 13 heavy (non-hydrogen) atoms. The molecule has 1 aliphatic heterocycles. The van der Waals surface area contributed by atoms with Crippen molar-refractivity contribution in [2.24, 2.45) is 11.8 Å². The van der Waals surface area contributed by atoms with E-state index in [0.29, 0.717) is 0 Å². The van der Waals surface area contributed by atoms with Gasteiger partial charge in [0.25, 0.3) is 0 Å². The maximum absolute atomic E-state index is 2.42. The first-order valence-corrected chi connectivity index (χ1v) is 6.09. The second-order valence-corrected chi connectivity index (χ2v) is 4.88. The van der Waals surface area contributed by atoms with E-state index in [-0.39, 0.29) is 0 Å². The summed E-state index contributed by atoms with van der Waals surface area (Å²) in [5.41, 5.74) is 0. The Morgan fingerprint density at radius 2 is 2.00 bits per heavy atom. The summed E-state index contributed by atoms with van der Waals surface area (Å²) in [6, 6.07) is 0. The predicted molar refractivity (Wildman–Crippen MR) is 58.0 cm³/mol. The van der Waals surface area contributed by atoms with Crippen LogP contribution in [0.15, 0.2) is 0 Å². The van der Waals surface area contributed by atoms with Crippen LogP contribution in [0, 0.1) is 11.8 Å². The van der Waals surface area contributed by atoms with E-state index in [0.717, 1.165) is 11.8 Å². The van der Waals surface area contributed by atoms with Crippen molar-refractivity contribution >= 4 is 0 Å². The second kappa shape index (κ2) is 5.64. The van der Waals surface area contributed by atoms with Crippen molar-refractivity contribution in [2.45, 2.75) is 46.5 Å². The van der Waals surface area contributed by atoms with Crippen LogP contribution in [0.5, 0.6) is 0 Å². The molecular formula is C12H26N+. The molecule has 1 heterocycles. The maximum Gasteiger partial charge on any atom is 0.0799 e. The van der Waals surface area contributed by atoms with Crippen LogP contribution >= 0.6 is 0 Å². The van der Waals surface area contributed by atoms with Crippen LogP contribution < -0.4 is 4.90 Å². The summed E-state index contributed by atoms with van der Waals surface area (Å²) >= 11 is 0. The van der Waals surface area contributed by atoms with Gasteiger partial charge >= 0.3 is 0 Å². The highest BCUT2D eigenvalue weighted by molar-refractivity contribution is 4.65. The molecule has 1 saturated heterocycles.